The van der Waals surface area contributed by atoms with Crippen LogP contribution in [0, 0.1) is 0 Å². The highest BCUT2D eigenvalue weighted by Gasteiger charge is 2.44. The van der Waals surface area contributed by atoms with Gasteiger partial charge in [0.05, 0.1) is 12.7 Å². The Morgan fingerprint density at radius 2 is 2.25 bits per heavy atom. The second-order valence-electron chi connectivity index (χ2n) is 4.00. The van der Waals surface area contributed by atoms with Gasteiger partial charge in [-0.2, -0.15) is 0 Å². The van der Waals surface area contributed by atoms with E-state index in [-0.39, 0.29) is 12.2 Å². The van der Waals surface area contributed by atoms with Gasteiger partial charge in [0.2, 0.25) is 0 Å². The molecule has 4 nitrogen and oxygen atoms in total. The minimum Gasteiger partial charge on any atom is -0.385 e. The molecule has 1 N–H and O–H groups in total. The molecule has 1 heterocycles. The zero-order chi connectivity index (χ0) is 12.0. The second kappa shape index (κ2) is 7.01. The maximum absolute atomic E-state index is 9.94. The van der Waals surface area contributed by atoms with E-state index in [9.17, 15) is 5.11 Å². The lowest BCUT2D eigenvalue weighted by Gasteiger charge is -2.19. The summed E-state index contributed by atoms with van der Waals surface area (Å²) in [5.74, 6) is 0. The highest BCUT2D eigenvalue weighted by molar-refractivity contribution is 4.88. The molecule has 0 unspecified atom stereocenters. The molecule has 0 radical (unpaired) electrons. The molecule has 1 fully saturated rings. The molecule has 0 spiro atoms. The van der Waals surface area contributed by atoms with E-state index < -0.39 is 12.4 Å². The van der Waals surface area contributed by atoms with Crippen molar-refractivity contribution < 1.29 is 19.3 Å². The molecule has 4 heteroatoms. The number of hydrogen-bond donors (Lipinski definition) is 1. The van der Waals surface area contributed by atoms with Gasteiger partial charge in [0.15, 0.2) is 6.29 Å². The van der Waals surface area contributed by atoms with Crippen LogP contribution < -0.4 is 0 Å². The molecule has 0 aromatic carbocycles. The fourth-order valence-corrected chi connectivity index (χ4v) is 1.92. The minimum atomic E-state index is -0.716. The van der Waals surface area contributed by atoms with Gasteiger partial charge >= 0.3 is 0 Å². The Morgan fingerprint density at radius 3 is 2.81 bits per heavy atom. The third kappa shape index (κ3) is 3.28. The second-order valence-corrected chi connectivity index (χ2v) is 4.00. The van der Waals surface area contributed by atoms with E-state index in [4.69, 9.17) is 14.2 Å². The summed E-state index contributed by atoms with van der Waals surface area (Å²) < 4.78 is 16.2. The first kappa shape index (κ1) is 13.6. The number of rotatable bonds is 7. The van der Waals surface area contributed by atoms with Crippen LogP contribution in [0.2, 0.25) is 0 Å². The van der Waals surface area contributed by atoms with E-state index in [2.05, 4.69) is 13.5 Å². The Balaban J connectivity index is 2.53. The molecule has 1 aliphatic heterocycles. The van der Waals surface area contributed by atoms with Gasteiger partial charge in [0, 0.05) is 7.11 Å². The van der Waals surface area contributed by atoms with E-state index in [0.29, 0.717) is 6.61 Å². The van der Waals surface area contributed by atoms with Crippen molar-refractivity contribution in [3.8, 4) is 0 Å². The monoisotopic (exact) mass is 230 g/mol. The molecule has 0 bridgehead atoms. The van der Waals surface area contributed by atoms with Crippen LogP contribution in [0.3, 0.4) is 0 Å². The standard InChI is InChI=1S/C12H22O4/c1-4-6-7-9-11(15-8-5-2)10(13)12(14-3)16-9/h5,9-13H,2,4,6-8H2,1,3H3/t9-,10-,11+,12-/m1/s1. The summed E-state index contributed by atoms with van der Waals surface area (Å²) in [5, 5.41) is 9.94. The minimum absolute atomic E-state index is 0.0835. The Hall–Kier alpha value is -0.420. The lowest BCUT2D eigenvalue weighted by molar-refractivity contribution is -0.149. The van der Waals surface area contributed by atoms with Gasteiger partial charge in [-0.25, -0.2) is 0 Å². The van der Waals surface area contributed by atoms with Crippen LogP contribution in [0.15, 0.2) is 12.7 Å². The van der Waals surface area contributed by atoms with Gasteiger partial charge in [-0.3, -0.25) is 0 Å². The molecular weight excluding hydrogens is 208 g/mol. The molecular formula is C12H22O4. The largest absolute Gasteiger partial charge is 0.385 e. The van der Waals surface area contributed by atoms with Crippen molar-refractivity contribution in [2.24, 2.45) is 0 Å². The molecule has 16 heavy (non-hydrogen) atoms. The predicted molar refractivity (Wildman–Crippen MR) is 61.1 cm³/mol. The van der Waals surface area contributed by atoms with Gasteiger partial charge in [-0.15, -0.1) is 6.58 Å². The first-order valence-electron chi connectivity index (χ1n) is 5.83. The first-order valence-corrected chi connectivity index (χ1v) is 5.83. The van der Waals surface area contributed by atoms with E-state index in [1.54, 1.807) is 6.08 Å². The van der Waals surface area contributed by atoms with Crippen molar-refractivity contribution >= 4 is 0 Å². The van der Waals surface area contributed by atoms with Crippen molar-refractivity contribution in [2.75, 3.05) is 13.7 Å². The first-order chi connectivity index (χ1) is 7.74. The van der Waals surface area contributed by atoms with Gasteiger partial charge in [-0.1, -0.05) is 25.8 Å². The maximum Gasteiger partial charge on any atom is 0.186 e. The Labute approximate surface area is 97.2 Å². The highest BCUT2D eigenvalue weighted by atomic mass is 16.7. The molecule has 1 saturated heterocycles. The van der Waals surface area contributed by atoms with Gasteiger partial charge in [0.25, 0.3) is 0 Å². The van der Waals surface area contributed by atoms with Gasteiger partial charge in [0.1, 0.15) is 12.2 Å². The lowest BCUT2D eigenvalue weighted by atomic mass is 10.1. The molecule has 0 saturated carbocycles. The average Bonchev–Trinajstić information content (AvgIpc) is 2.60. The number of hydrogen-bond acceptors (Lipinski definition) is 4. The van der Waals surface area contributed by atoms with Crippen LogP contribution >= 0.6 is 0 Å². The fraction of sp³-hybridized carbons (Fsp3) is 0.833. The zero-order valence-electron chi connectivity index (χ0n) is 10.1. The third-order valence-corrected chi connectivity index (χ3v) is 2.77. The van der Waals surface area contributed by atoms with Crippen LogP contribution in [0.1, 0.15) is 26.2 Å². The van der Waals surface area contributed by atoms with Crippen molar-refractivity contribution in [2.45, 2.75) is 50.8 Å². The summed E-state index contributed by atoms with van der Waals surface area (Å²) >= 11 is 0. The summed E-state index contributed by atoms with van der Waals surface area (Å²) in [7, 11) is 1.53. The summed E-state index contributed by atoms with van der Waals surface area (Å²) in [5.41, 5.74) is 0. The Bertz CT molecular complexity index is 207. The van der Waals surface area contributed by atoms with Crippen LogP contribution in [0.25, 0.3) is 0 Å². The van der Waals surface area contributed by atoms with Crippen LogP contribution in [-0.2, 0) is 14.2 Å². The fourth-order valence-electron chi connectivity index (χ4n) is 1.92. The zero-order valence-corrected chi connectivity index (χ0v) is 10.1. The Kier molecular flexibility index (Phi) is 5.98. The topological polar surface area (TPSA) is 47.9 Å². The third-order valence-electron chi connectivity index (χ3n) is 2.77. The Morgan fingerprint density at radius 1 is 1.50 bits per heavy atom. The SMILES string of the molecule is C=CCO[C@@H]1[C@@H](O)[C@H](OC)O[C@@H]1CCCC. The van der Waals surface area contributed by atoms with Gasteiger partial charge < -0.3 is 19.3 Å². The van der Waals surface area contributed by atoms with E-state index in [1.807, 2.05) is 0 Å². The number of aliphatic hydroxyl groups excluding tert-OH is 1. The van der Waals surface area contributed by atoms with Crippen LogP contribution in [0.5, 0.6) is 0 Å². The van der Waals surface area contributed by atoms with E-state index in [1.165, 1.54) is 7.11 Å². The molecule has 1 rings (SSSR count). The molecule has 0 aromatic heterocycles. The number of ether oxygens (including phenoxy) is 3. The summed E-state index contributed by atoms with van der Waals surface area (Å²) in [4.78, 5) is 0. The number of methoxy groups -OCH3 is 1. The molecule has 1 aliphatic rings. The smallest absolute Gasteiger partial charge is 0.186 e. The predicted octanol–water partition coefficient (Wildman–Crippen LogP) is 1.48. The maximum atomic E-state index is 9.94. The number of unbranched alkanes of at least 4 members (excludes halogenated alkanes) is 1. The lowest BCUT2D eigenvalue weighted by Crippen LogP contribution is -2.35. The summed E-state index contributed by atoms with van der Waals surface area (Å²) in [6.07, 6.45) is 3.03. The van der Waals surface area contributed by atoms with Crippen molar-refractivity contribution in [3.05, 3.63) is 12.7 Å². The molecule has 94 valence electrons. The molecule has 4 atom stereocenters. The molecule has 0 aromatic rings. The van der Waals surface area contributed by atoms with Crippen molar-refractivity contribution in [1.82, 2.24) is 0 Å². The summed E-state index contributed by atoms with van der Waals surface area (Å²) in [6.45, 7) is 6.14. The normalized spacial score (nSPS) is 34.2. The van der Waals surface area contributed by atoms with Crippen molar-refractivity contribution in [3.63, 3.8) is 0 Å². The summed E-state index contributed by atoms with van der Waals surface area (Å²) in [6, 6.07) is 0. The van der Waals surface area contributed by atoms with Crippen LogP contribution in [0.4, 0.5) is 0 Å². The van der Waals surface area contributed by atoms with Crippen LogP contribution in [-0.4, -0.2) is 43.4 Å². The van der Waals surface area contributed by atoms with Gasteiger partial charge in [-0.05, 0) is 6.42 Å². The van der Waals surface area contributed by atoms with E-state index in [0.717, 1.165) is 19.3 Å². The van der Waals surface area contributed by atoms with E-state index >= 15 is 0 Å². The average molecular weight is 230 g/mol. The molecule has 0 amide bonds. The van der Waals surface area contributed by atoms with Crippen molar-refractivity contribution in [1.29, 1.82) is 0 Å². The molecule has 0 aliphatic carbocycles. The highest BCUT2D eigenvalue weighted by Crippen LogP contribution is 2.27. The quantitative estimate of drug-likeness (QED) is 0.673. The number of aliphatic hydroxyl groups is 1.